The lowest BCUT2D eigenvalue weighted by molar-refractivity contribution is 0.155. The van der Waals surface area contributed by atoms with Crippen molar-refractivity contribution in [1.29, 1.82) is 5.26 Å². The summed E-state index contributed by atoms with van der Waals surface area (Å²) < 4.78 is 0. The Hall–Kier alpha value is -0.590. The van der Waals surface area contributed by atoms with Gasteiger partial charge in [-0.2, -0.15) is 5.26 Å². The molecule has 1 heterocycles. The van der Waals surface area contributed by atoms with Gasteiger partial charge in [-0.25, -0.2) is 0 Å². The van der Waals surface area contributed by atoms with Gasteiger partial charge in [-0.15, -0.1) is 0 Å². The van der Waals surface area contributed by atoms with Gasteiger partial charge in [0.25, 0.3) is 0 Å². The Kier molecular flexibility index (Phi) is 4.92. The molecule has 1 saturated heterocycles. The largest absolute Gasteiger partial charge is 0.314 e. The molecule has 1 rings (SSSR count). The van der Waals surface area contributed by atoms with Crippen LogP contribution < -0.4 is 5.32 Å². The van der Waals surface area contributed by atoms with Gasteiger partial charge in [0.2, 0.25) is 0 Å². The fourth-order valence-corrected chi connectivity index (χ4v) is 2.18. The monoisotopic (exact) mass is 195 g/mol. The van der Waals surface area contributed by atoms with Gasteiger partial charge in [0, 0.05) is 26.2 Å². The SMILES string of the molecule is CCC(CC)C(C#N)N1CCNCC1. The smallest absolute Gasteiger partial charge is 0.101 e. The molecule has 0 amide bonds. The highest BCUT2D eigenvalue weighted by molar-refractivity contribution is 4.97. The molecule has 3 nitrogen and oxygen atoms in total. The summed E-state index contributed by atoms with van der Waals surface area (Å²) in [5.41, 5.74) is 0. The third kappa shape index (κ3) is 2.70. The lowest BCUT2D eigenvalue weighted by Crippen LogP contribution is -2.50. The van der Waals surface area contributed by atoms with Crippen LogP contribution in [0.25, 0.3) is 0 Å². The number of nitrogens with zero attached hydrogens (tertiary/aromatic N) is 2. The van der Waals surface area contributed by atoms with Gasteiger partial charge in [-0.05, 0) is 5.92 Å². The van der Waals surface area contributed by atoms with Gasteiger partial charge < -0.3 is 5.32 Å². The fourth-order valence-electron chi connectivity index (χ4n) is 2.18. The summed E-state index contributed by atoms with van der Waals surface area (Å²) in [6, 6.07) is 2.60. The van der Waals surface area contributed by atoms with Crippen LogP contribution in [0.5, 0.6) is 0 Å². The summed E-state index contributed by atoms with van der Waals surface area (Å²) in [5.74, 6) is 0.540. The van der Waals surface area contributed by atoms with E-state index in [2.05, 4.69) is 30.1 Å². The zero-order valence-electron chi connectivity index (χ0n) is 9.29. The molecule has 0 aliphatic carbocycles. The average molecular weight is 195 g/mol. The molecule has 0 aromatic rings. The first-order chi connectivity index (χ1) is 6.83. The second kappa shape index (κ2) is 6.00. The minimum Gasteiger partial charge on any atom is -0.314 e. The van der Waals surface area contributed by atoms with Gasteiger partial charge in [0.15, 0.2) is 0 Å². The summed E-state index contributed by atoms with van der Waals surface area (Å²) in [5, 5.41) is 12.5. The first-order valence-electron chi connectivity index (χ1n) is 5.67. The molecule has 0 radical (unpaired) electrons. The van der Waals surface area contributed by atoms with E-state index in [1.165, 1.54) is 0 Å². The maximum atomic E-state index is 9.20. The maximum Gasteiger partial charge on any atom is 0.101 e. The highest BCUT2D eigenvalue weighted by atomic mass is 15.2. The molecular formula is C11H21N3. The van der Waals surface area contributed by atoms with E-state index in [4.69, 9.17) is 0 Å². The van der Waals surface area contributed by atoms with Crippen molar-refractivity contribution >= 4 is 0 Å². The van der Waals surface area contributed by atoms with Crippen LogP contribution in [0.3, 0.4) is 0 Å². The molecule has 3 heteroatoms. The highest BCUT2D eigenvalue weighted by Crippen LogP contribution is 2.18. The van der Waals surface area contributed by atoms with Gasteiger partial charge >= 0.3 is 0 Å². The summed E-state index contributed by atoms with van der Waals surface area (Å²) in [6.45, 7) is 8.46. The van der Waals surface area contributed by atoms with E-state index in [-0.39, 0.29) is 6.04 Å². The summed E-state index contributed by atoms with van der Waals surface area (Å²) >= 11 is 0. The van der Waals surface area contributed by atoms with Crippen LogP contribution in [-0.4, -0.2) is 37.1 Å². The van der Waals surface area contributed by atoms with Crippen molar-refractivity contribution in [1.82, 2.24) is 10.2 Å². The van der Waals surface area contributed by atoms with Crippen molar-refractivity contribution in [2.24, 2.45) is 5.92 Å². The summed E-state index contributed by atoms with van der Waals surface area (Å²) in [6.07, 6.45) is 2.22. The number of piperazine rings is 1. The molecule has 1 atom stereocenters. The first-order valence-corrected chi connectivity index (χ1v) is 5.67. The zero-order chi connectivity index (χ0) is 10.4. The first kappa shape index (κ1) is 11.5. The van der Waals surface area contributed by atoms with Gasteiger partial charge in [0.05, 0.1) is 6.07 Å². The molecule has 14 heavy (non-hydrogen) atoms. The van der Waals surface area contributed by atoms with Crippen LogP contribution in [0.1, 0.15) is 26.7 Å². The van der Waals surface area contributed by atoms with Crippen LogP contribution in [0.4, 0.5) is 0 Å². The minimum absolute atomic E-state index is 0.132. The molecular weight excluding hydrogens is 174 g/mol. The molecule has 80 valence electrons. The third-order valence-corrected chi connectivity index (χ3v) is 3.17. The number of nitrogens with one attached hydrogen (secondary N) is 1. The molecule has 1 unspecified atom stereocenters. The molecule has 0 bridgehead atoms. The Bertz CT molecular complexity index is 187. The zero-order valence-corrected chi connectivity index (χ0v) is 9.29. The van der Waals surface area contributed by atoms with Gasteiger partial charge in [-0.3, -0.25) is 4.90 Å². The maximum absolute atomic E-state index is 9.20. The van der Waals surface area contributed by atoms with E-state index in [9.17, 15) is 5.26 Å². The van der Waals surface area contributed by atoms with E-state index in [1.807, 2.05) is 0 Å². The van der Waals surface area contributed by atoms with Crippen LogP contribution in [-0.2, 0) is 0 Å². The Labute approximate surface area is 87.1 Å². The lowest BCUT2D eigenvalue weighted by Gasteiger charge is -2.34. The summed E-state index contributed by atoms with van der Waals surface area (Å²) in [4.78, 5) is 2.33. The Morgan fingerprint density at radius 2 is 1.86 bits per heavy atom. The lowest BCUT2D eigenvalue weighted by atomic mass is 9.93. The van der Waals surface area contributed by atoms with Gasteiger partial charge in [-0.1, -0.05) is 26.7 Å². The Morgan fingerprint density at radius 3 is 2.29 bits per heavy atom. The normalized spacial score (nSPS) is 20.7. The highest BCUT2D eigenvalue weighted by Gasteiger charge is 2.25. The van der Waals surface area contributed by atoms with Crippen molar-refractivity contribution in [3.8, 4) is 6.07 Å². The second-order valence-corrected chi connectivity index (χ2v) is 3.94. The molecule has 0 spiro atoms. The van der Waals surface area contributed by atoms with Crippen LogP contribution >= 0.6 is 0 Å². The van der Waals surface area contributed by atoms with E-state index < -0.39 is 0 Å². The van der Waals surface area contributed by atoms with Crippen molar-refractivity contribution < 1.29 is 0 Å². The fraction of sp³-hybridized carbons (Fsp3) is 0.909. The number of rotatable bonds is 4. The second-order valence-electron chi connectivity index (χ2n) is 3.94. The molecule has 1 aliphatic heterocycles. The van der Waals surface area contributed by atoms with E-state index in [0.717, 1.165) is 39.0 Å². The number of hydrogen-bond donors (Lipinski definition) is 1. The van der Waals surface area contributed by atoms with E-state index in [1.54, 1.807) is 0 Å². The molecule has 0 saturated carbocycles. The Balaban J connectivity index is 2.55. The van der Waals surface area contributed by atoms with Crippen LogP contribution in [0.2, 0.25) is 0 Å². The third-order valence-electron chi connectivity index (χ3n) is 3.17. The van der Waals surface area contributed by atoms with Crippen molar-refractivity contribution in [3.63, 3.8) is 0 Å². The van der Waals surface area contributed by atoms with Crippen LogP contribution in [0, 0.1) is 17.2 Å². The number of hydrogen-bond acceptors (Lipinski definition) is 3. The summed E-state index contributed by atoms with van der Waals surface area (Å²) in [7, 11) is 0. The number of nitriles is 1. The average Bonchev–Trinajstić information content (AvgIpc) is 2.27. The molecule has 1 fully saturated rings. The van der Waals surface area contributed by atoms with Crippen LogP contribution in [0.15, 0.2) is 0 Å². The molecule has 0 aromatic carbocycles. The molecule has 0 aromatic heterocycles. The van der Waals surface area contributed by atoms with Crippen molar-refractivity contribution in [2.75, 3.05) is 26.2 Å². The predicted octanol–water partition coefficient (Wildman–Crippen LogP) is 1.22. The van der Waals surface area contributed by atoms with Crippen molar-refractivity contribution in [2.45, 2.75) is 32.7 Å². The molecule has 1 N–H and O–H groups in total. The molecule has 1 aliphatic rings. The predicted molar refractivity (Wildman–Crippen MR) is 57.9 cm³/mol. The quantitative estimate of drug-likeness (QED) is 0.733. The Morgan fingerprint density at radius 1 is 1.29 bits per heavy atom. The van der Waals surface area contributed by atoms with Crippen molar-refractivity contribution in [3.05, 3.63) is 0 Å². The standard InChI is InChI=1S/C11H21N3/c1-3-10(4-2)11(9-12)14-7-5-13-6-8-14/h10-11,13H,3-8H2,1-2H3. The van der Waals surface area contributed by atoms with E-state index >= 15 is 0 Å². The topological polar surface area (TPSA) is 39.1 Å². The van der Waals surface area contributed by atoms with Gasteiger partial charge in [0.1, 0.15) is 6.04 Å². The van der Waals surface area contributed by atoms with E-state index in [0.29, 0.717) is 5.92 Å². The minimum atomic E-state index is 0.132.